The highest BCUT2D eigenvalue weighted by Crippen LogP contribution is 2.45. The molecule has 3 atom stereocenters. The van der Waals surface area contributed by atoms with Gasteiger partial charge in [-0.3, -0.25) is 0 Å². The molecule has 0 amide bonds. The summed E-state index contributed by atoms with van der Waals surface area (Å²) in [5.41, 5.74) is 0. The summed E-state index contributed by atoms with van der Waals surface area (Å²) in [5, 5.41) is 4.26. The van der Waals surface area contributed by atoms with Crippen LogP contribution in [0.4, 0.5) is 0 Å². The maximum Gasteiger partial charge on any atom is 0.0365 e. The molecule has 3 unspecified atom stereocenters. The Hall–Kier alpha value is 0.250. The molecule has 74 valence electrons. The van der Waals surface area contributed by atoms with Crippen LogP contribution in [-0.4, -0.2) is 17.5 Å². The van der Waals surface area contributed by atoms with Crippen molar-refractivity contribution in [2.45, 2.75) is 56.0 Å². The third-order valence-electron chi connectivity index (χ3n) is 4.27. The molecule has 3 rings (SSSR count). The van der Waals surface area contributed by atoms with E-state index in [2.05, 4.69) is 5.32 Å². The van der Waals surface area contributed by atoms with Crippen molar-refractivity contribution >= 4 is 11.6 Å². The fourth-order valence-electron chi connectivity index (χ4n) is 3.44. The number of halogens is 1. The third kappa shape index (κ3) is 1.50. The molecule has 0 heterocycles. The number of hydrogen-bond donors (Lipinski definition) is 1. The van der Waals surface area contributed by atoms with Crippen molar-refractivity contribution in [2.75, 3.05) is 0 Å². The summed E-state index contributed by atoms with van der Waals surface area (Å²) in [4.78, 5) is 0. The maximum atomic E-state index is 5.97. The molecule has 3 fully saturated rings. The number of alkyl halides is 1. The summed E-state index contributed by atoms with van der Waals surface area (Å²) in [7, 11) is 0. The van der Waals surface area contributed by atoms with Crippen LogP contribution in [0.15, 0.2) is 0 Å². The van der Waals surface area contributed by atoms with Gasteiger partial charge in [-0.1, -0.05) is 6.42 Å². The van der Waals surface area contributed by atoms with E-state index in [0.29, 0.717) is 5.38 Å². The average molecular weight is 200 g/mol. The summed E-state index contributed by atoms with van der Waals surface area (Å²) in [6.45, 7) is 0. The topological polar surface area (TPSA) is 12.0 Å². The largest absolute Gasteiger partial charge is 0.311 e. The average Bonchev–Trinajstić information content (AvgIpc) is 2.62. The minimum Gasteiger partial charge on any atom is -0.311 e. The first-order chi connectivity index (χ1) is 6.31. The summed E-state index contributed by atoms with van der Waals surface area (Å²) in [6, 6.07) is 1.61. The quantitative estimate of drug-likeness (QED) is 0.675. The predicted octanol–water partition coefficient (Wildman–Crippen LogP) is 2.53. The third-order valence-corrected chi connectivity index (χ3v) is 4.62. The van der Waals surface area contributed by atoms with E-state index in [1.807, 2.05) is 0 Å². The van der Waals surface area contributed by atoms with Crippen LogP contribution in [-0.2, 0) is 0 Å². The molecule has 1 nitrogen and oxygen atoms in total. The molecule has 2 bridgehead atoms. The minimum atomic E-state index is 0.469. The Morgan fingerprint density at radius 2 is 1.85 bits per heavy atom. The van der Waals surface area contributed by atoms with Gasteiger partial charge in [0.25, 0.3) is 0 Å². The maximum absolute atomic E-state index is 5.97. The first-order valence-corrected chi connectivity index (χ1v) is 6.15. The van der Waals surface area contributed by atoms with Gasteiger partial charge in [0.2, 0.25) is 0 Å². The van der Waals surface area contributed by atoms with E-state index in [1.165, 1.54) is 38.5 Å². The second kappa shape index (κ2) is 3.13. The van der Waals surface area contributed by atoms with Crippen LogP contribution < -0.4 is 5.32 Å². The number of fused-ring (bicyclic) bond motifs is 2. The Morgan fingerprint density at radius 1 is 1.00 bits per heavy atom. The fourth-order valence-corrected chi connectivity index (χ4v) is 3.87. The van der Waals surface area contributed by atoms with Crippen molar-refractivity contribution in [1.29, 1.82) is 0 Å². The van der Waals surface area contributed by atoms with Crippen molar-refractivity contribution in [3.8, 4) is 0 Å². The standard InChI is InChI=1S/C11H18ClN/c12-9-5-10(6-9)13-11-4-7-1-2-8(11)3-7/h7-11,13H,1-6H2. The molecule has 0 aliphatic heterocycles. The Bertz CT molecular complexity index is 200. The molecule has 13 heavy (non-hydrogen) atoms. The summed E-state index contributed by atoms with van der Waals surface area (Å²) in [5.74, 6) is 2.08. The first kappa shape index (κ1) is 8.55. The van der Waals surface area contributed by atoms with Gasteiger partial charge in [-0.05, 0) is 43.9 Å². The first-order valence-electron chi connectivity index (χ1n) is 5.71. The zero-order chi connectivity index (χ0) is 8.84. The second-order valence-corrected chi connectivity index (χ2v) is 5.83. The lowest BCUT2D eigenvalue weighted by Crippen LogP contribution is -2.48. The SMILES string of the molecule is ClC1CC(NC2CC3CCC2C3)C1. The number of hydrogen-bond acceptors (Lipinski definition) is 1. The van der Waals surface area contributed by atoms with Gasteiger partial charge in [0.1, 0.15) is 0 Å². The van der Waals surface area contributed by atoms with Crippen molar-refractivity contribution < 1.29 is 0 Å². The van der Waals surface area contributed by atoms with Gasteiger partial charge in [-0.2, -0.15) is 0 Å². The van der Waals surface area contributed by atoms with Gasteiger partial charge in [0, 0.05) is 17.5 Å². The van der Waals surface area contributed by atoms with Crippen LogP contribution in [0, 0.1) is 11.8 Å². The molecule has 3 saturated carbocycles. The van der Waals surface area contributed by atoms with E-state index < -0.39 is 0 Å². The van der Waals surface area contributed by atoms with Crippen LogP contribution in [0.5, 0.6) is 0 Å². The monoisotopic (exact) mass is 199 g/mol. The highest BCUT2D eigenvalue weighted by atomic mass is 35.5. The number of rotatable bonds is 2. The molecule has 3 aliphatic rings. The van der Waals surface area contributed by atoms with Gasteiger partial charge < -0.3 is 5.32 Å². The van der Waals surface area contributed by atoms with E-state index in [0.717, 1.165) is 23.9 Å². The molecule has 0 spiro atoms. The molecule has 0 saturated heterocycles. The van der Waals surface area contributed by atoms with E-state index in [1.54, 1.807) is 0 Å². The molecule has 0 aromatic heterocycles. The minimum absolute atomic E-state index is 0.469. The molecule has 0 radical (unpaired) electrons. The second-order valence-electron chi connectivity index (χ2n) is 5.21. The zero-order valence-corrected chi connectivity index (χ0v) is 8.76. The summed E-state index contributed by atoms with van der Waals surface area (Å²) < 4.78 is 0. The molecule has 1 N–H and O–H groups in total. The highest BCUT2D eigenvalue weighted by Gasteiger charge is 2.41. The van der Waals surface area contributed by atoms with Gasteiger partial charge in [0.05, 0.1) is 0 Å². The van der Waals surface area contributed by atoms with Crippen LogP contribution in [0.25, 0.3) is 0 Å². The predicted molar refractivity (Wildman–Crippen MR) is 55.0 cm³/mol. The molecule has 0 aromatic rings. The summed E-state index contributed by atoms with van der Waals surface area (Å²) in [6.07, 6.45) is 8.36. The summed E-state index contributed by atoms with van der Waals surface area (Å²) >= 11 is 5.97. The van der Waals surface area contributed by atoms with Crippen molar-refractivity contribution in [1.82, 2.24) is 5.32 Å². The lowest BCUT2D eigenvalue weighted by Gasteiger charge is -2.36. The smallest absolute Gasteiger partial charge is 0.0365 e. The van der Waals surface area contributed by atoms with Gasteiger partial charge in [0.15, 0.2) is 0 Å². The van der Waals surface area contributed by atoms with Crippen LogP contribution in [0.3, 0.4) is 0 Å². The lowest BCUT2D eigenvalue weighted by atomic mass is 9.88. The Morgan fingerprint density at radius 3 is 2.38 bits per heavy atom. The molecule has 2 heteroatoms. The van der Waals surface area contributed by atoms with Crippen molar-refractivity contribution in [3.63, 3.8) is 0 Å². The van der Waals surface area contributed by atoms with Crippen molar-refractivity contribution in [2.24, 2.45) is 11.8 Å². The van der Waals surface area contributed by atoms with Crippen LogP contribution in [0.1, 0.15) is 38.5 Å². The van der Waals surface area contributed by atoms with E-state index in [4.69, 9.17) is 11.6 Å². The lowest BCUT2D eigenvalue weighted by molar-refractivity contribution is 0.258. The van der Waals surface area contributed by atoms with E-state index in [-0.39, 0.29) is 0 Å². The van der Waals surface area contributed by atoms with Crippen LogP contribution >= 0.6 is 11.6 Å². The zero-order valence-electron chi connectivity index (χ0n) is 8.01. The van der Waals surface area contributed by atoms with E-state index in [9.17, 15) is 0 Å². The van der Waals surface area contributed by atoms with Gasteiger partial charge in [-0.15, -0.1) is 11.6 Å². The molecule has 3 aliphatic carbocycles. The molecular weight excluding hydrogens is 182 g/mol. The van der Waals surface area contributed by atoms with Gasteiger partial charge >= 0.3 is 0 Å². The van der Waals surface area contributed by atoms with Gasteiger partial charge in [-0.25, -0.2) is 0 Å². The molecule has 0 aromatic carbocycles. The van der Waals surface area contributed by atoms with Crippen LogP contribution in [0.2, 0.25) is 0 Å². The Labute approximate surface area is 85.2 Å². The Kier molecular flexibility index (Phi) is 2.06. The highest BCUT2D eigenvalue weighted by molar-refractivity contribution is 6.21. The number of nitrogens with one attached hydrogen (secondary N) is 1. The van der Waals surface area contributed by atoms with E-state index >= 15 is 0 Å². The Balaban J connectivity index is 1.51. The molecular formula is C11H18ClN. The fraction of sp³-hybridized carbons (Fsp3) is 1.00. The normalized spacial score (nSPS) is 53.8. The van der Waals surface area contributed by atoms with Crippen molar-refractivity contribution in [3.05, 3.63) is 0 Å².